The second-order valence-corrected chi connectivity index (χ2v) is 2.35. The maximum absolute atomic E-state index is 12.8. The van der Waals surface area contributed by atoms with Gasteiger partial charge in [0.15, 0.2) is 0 Å². The number of aromatic hydroxyl groups is 1. The maximum Gasteiger partial charge on any atom is 0.346 e. The van der Waals surface area contributed by atoms with Gasteiger partial charge in [-0.05, 0) is 12.1 Å². The van der Waals surface area contributed by atoms with Gasteiger partial charge in [0.25, 0.3) is 0 Å². The van der Waals surface area contributed by atoms with E-state index >= 15 is 0 Å². The van der Waals surface area contributed by atoms with Gasteiger partial charge in [0, 0.05) is 0 Å². The Morgan fingerprint density at radius 2 is 2.07 bits per heavy atom. The van der Waals surface area contributed by atoms with Gasteiger partial charge in [0.05, 0.1) is 4.92 Å². The minimum Gasteiger partial charge on any atom is -0.501 e. The highest BCUT2D eigenvalue weighted by Crippen LogP contribution is 2.32. The fraction of sp³-hybridized carbons (Fsp3) is 0. The first kappa shape index (κ1) is 9.90. The number of hydrogen-bond acceptors (Lipinski definition) is 4. The third kappa shape index (κ3) is 1.47. The molecule has 0 aliphatic rings. The number of phenols is 1. The van der Waals surface area contributed by atoms with Crippen molar-refractivity contribution < 1.29 is 24.3 Å². The summed E-state index contributed by atoms with van der Waals surface area (Å²) in [7, 11) is 0. The third-order valence-corrected chi connectivity index (χ3v) is 1.51. The van der Waals surface area contributed by atoms with Crippen LogP contribution >= 0.6 is 0 Å². The largest absolute Gasteiger partial charge is 0.501 e. The van der Waals surface area contributed by atoms with Crippen LogP contribution in [0, 0.1) is 15.9 Å². The molecule has 14 heavy (non-hydrogen) atoms. The highest BCUT2D eigenvalue weighted by atomic mass is 19.1. The van der Waals surface area contributed by atoms with E-state index in [9.17, 15) is 19.3 Å². The van der Waals surface area contributed by atoms with Gasteiger partial charge in [-0.15, -0.1) is 0 Å². The molecule has 1 aromatic rings. The van der Waals surface area contributed by atoms with Crippen LogP contribution in [0.4, 0.5) is 10.1 Å². The van der Waals surface area contributed by atoms with Crippen molar-refractivity contribution in [2.24, 2.45) is 0 Å². The zero-order valence-corrected chi connectivity index (χ0v) is 6.60. The molecule has 0 saturated heterocycles. The van der Waals surface area contributed by atoms with Crippen LogP contribution in [0.15, 0.2) is 12.1 Å². The van der Waals surface area contributed by atoms with Gasteiger partial charge in [-0.2, -0.15) is 4.39 Å². The molecule has 74 valence electrons. The van der Waals surface area contributed by atoms with Gasteiger partial charge in [-0.25, -0.2) is 4.79 Å². The summed E-state index contributed by atoms with van der Waals surface area (Å²) in [6.07, 6.45) is 0. The van der Waals surface area contributed by atoms with Crippen LogP contribution in [0.3, 0.4) is 0 Å². The monoisotopic (exact) mass is 201 g/mol. The van der Waals surface area contributed by atoms with Gasteiger partial charge >= 0.3 is 11.7 Å². The summed E-state index contributed by atoms with van der Waals surface area (Å²) >= 11 is 0. The lowest BCUT2D eigenvalue weighted by molar-refractivity contribution is -0.388. The lowest BCUT2D eigenvalue weighted by atomic mass is 10.1. The highest BCUT2D eigenvalue weighted by Gasteiger charge is 2.25. The highest BCUT2D eigenvalue weighted by molar-refractivity contribution is 5.92. The van der Waals surface area contributed by atoms with Crippen molar-refractivity contribution in [1.82, 2.24) is 0 Å². The molecule has 0 aromatic heterocycles. The molecule has 6 nitrogen and oxygen atoms in total. The Balaban J connectivity index is 3.49. The molecule has 1 rings (SSSR count). The topological polar surface area (TPSA) is 101 Å². The number of carboxylic acid groups (broad SMARTS) is 1. The van der Waals surface area contributed by atoms with Crippen molar-refractivity contribution in [3.8, 4) is 5.75 Å². The lowest BCUT2D eigenvalue weighted by Crippen LogP contribution is -2.01. The van der Waals surface area contributed by atoms with E-state index in [0.29, 0.717) is 6.07 Å². The zero-order valence-electron chi connectivity index (χ0n) is 6.60. The van der Waals surface area contributed by atoms with E-state index in [1.54, 1.807) is 0 Å². The Kier molecular flexibility index (Phi) is 2.32. The molecule has 0 fully saturated rings. The molecule has 0 saturated carbocycles. The predicted molar refractivity (Wildman–Crippen MR) is 41.7 cm³/mol. The zero-order chi connectivity index (χ0) is 10.9. The molecule has 0 bridgehead atoms. The van der Waals surface area contributed by atoms with Crippen LogP contribution in [-0.2, 0) is 0 Å². The fourth-order valence-corrected chi connectivity index (χ4v) is 0.901. The van der Waals surface area contributed by atoms with Crippen molar-refractivity contribution >= 4 is 11.7 Å². The van der Waals surface area contributed by atoms with Crippen LogP contribution in [0.1, 0.15) is 10.4 Å². The van der Waals surface area contributed by atoms with E-state index < -0.39 is 33.7 Å². The average Bonchev–Trinajstić information content (AvgIpc) is 2.02. The number of carbonyl (C=O) groups is 1. The van der Waals surface area contributed by atoms with E-state index in [2.05, 4.69) is 0 Å². The van der Waals surface area contributed by atoms with Crippen LogP contribution in [0.2, 0.25) is 0 Å². The Morgan fingerprint density at radius 1 is 1.50 bits per heavy atom. The number of aromatic carboxylic acids is 1. The number of nitro groups is 1. The summed E-state index contributed by atoms with van der Waals surface area (Å²) in [5, 5.41) is 27.7. The van der Waals surface area contributed by atoms with Crippen LogP contribution in [-0.4, -0.2) is 21.1 Å². The van der Waals surface area contributed by atoms with E-state index in [1.165, 1.54) is 0 Å². The molecular weight excluding hydrogens is 197 g/mol. The summed E-state index contributed by atoms with van der Waals surface area (Å²) in [6, 6.07) is 1.36. The number of nitrogens with zero attached hydrogens (tertiary/aromatic N) is 1. The van der Waals surface area contributed by atoms with E-state index in [0.717, 1.165) is 6.07 Å². The average molecular weight is 201 g/mol. The third-order valence-electron chi connectivity index (χ3n) is 1.51. The SMILES string of the molecule is O=C(O)c1ccc(F)c([N+](=O)[O-])c1O. The van der Waals surface area contributed by atoms with Crippen molar-refractivity contribution in [1.29, 1.82) is 0 Å². The van der Waals surface area contributed by atoms with E-state index in [4.69, 9.17) is 10.2 Å². The number of rotatable bonds is 2. The smallest absolute Gasteiger partial charge is 0.346 e. The van der Waals surface area contributed by atoms with Crippen LogP contribution in [0.25, 0.3) is 0 Å². The first-order chi connectivity index (χ1) is 6.45. The summed E-state index contributed by atoms with van der Waals surface area (Å²) in [6.45, 7) is 0. The van der Waals surface area contributed by atoms with Gasteiger partial charge in [-0.1, -0.05) is 0 Å². The summed E-state index contributed by atoms with van der Waals surface area (Å²) in [4.78, 5) is 19.4. The molecule has 0 heterocycles. The molecule has 7 heteroatoms. The number of nitro benzene ring substituents is 1. The maximum atomic E-state index is 12.8. The van der Waals surface area contributed by atoms with Crippen molar-refractivity contribution in [3.05, 3.63) is 33.6 Å². The van der Waals surface area contributed by atoms with Crippen molar-refractivity contribution in [2.45, 2.75) is 0 Å². The Labute approximate surface area is 76.4 Å². The molecule has 0 atom stereocenters. The first-order valence-corrected chi connectivity index (χ1v) is 3.34. The van der Waals surface area contributed by atoms with Crippen molar-refractivity contribution in [3.63, 3.8) is 0 Å². The standard InChI is InChI=1S/C7H4FNO5/c8-4-2-1-3(7(11)12)6(10)5(4)9(13)14/h1-2,10H,(H,11,12). The first-order valence-electron chi connectivity index (χ1n) is 3.34. The second-order valence-electron chi connectivity index (χ2n) is 2.35. The Bertz CT molecular complexity index is 417. The number of halogens is 1. The summed E-state index contributed by atoms with van der Waals surface area (Å²) < 4.78 is 12.8. The minimum absolute atomic E-state index is 0.612. The van der Waals surface area contributed by atoms with Crippen LogP contribution in [0.5, 0.6) is 5.75 Å². The van der Waals surface area contributed by atoms with Crippen molar-refractivity contribution in [2.75, 3.05) is 0 Å². The molecule has 0 aliphatic heterocycles. The predicted octanol–water partition coefficient (Wildman–Crippen LogP) is 1.14. The molecule has 0 unspecified atom stereocenters. The fourth-order valence-electron chi connectivity index (χ4n) is 0.901. The second kappa shape index (κ2) is 3.29. The summed E-state index contributed by atoms with van der Waals surface area (Å²) in [5.74, 6) is -4.02. The Hall–Kier alpha value is -2.18. The molecular formula is C7H4FNO5. The minimum atomic E-state index is -1.56. The number of carboxylic acids is 1. The molecule has 0 radical (unpaired) electrons. The Morgan fingerprint density at radius 3 is 2.50 bits per heavy atom. The van der Waals surface area contributed by atoms with Gasteiger partial charge in [-0.3, -0.25) is 10.1 Å². The van der Waals surface area contributed by atoms with Crippen LogP contribution < -0.4 is 0 Å². The summed E-state index contributed by atoms with van der Waals surface area (Å²) in [5.41, 5.74) is -1.94. The van der Waals surface area contributed by atoms with Gasteiger partial charge in [0.2, 0.25) is 11.6 Å². The van der Waals surface area contributed by atoms with Gasteiger partial charge in [0.1, 0.15) is 5.56 Å². The molecule has 0 amide bonds. The molecule has 2 N–H and O–H groups in total. The molecule has 0 aliphatic carbocycles. The quantitative estimate of drug-likeness (QED) is 0.551. The molecule has 0 spiro atoms. The lowest BCUT2D eigenvalue weighted by Gasteiger charge is -2.00. The van der Waals surface area contributed by atoms with E-state index in [-0.39, 0.29) is 0 Å². The van der Waals surface area contributed by atoms with Gasteiger partial charge < -0.3 is 10.2 Å². The number of hydrogen-bond donors (Lipinski definition) is 2. The number of benzene rings is 1. The van der Waals surface area contributed by atoms with E-state index in [1.807, 2.05) is 0 Å². The normalized spacial score (nSPS) is 9.79. The molecule has 1 aromatic carbocycles.